The topological polar surface area (TPSA) is 35.6 Å². The van der Waals surface area contributed by atoms with E-state index in [9.17, 15) is 4.79 Å². The van der Waals surface area contributed by atoms with Crippen LogP contribution in [0.3, 0.4) is 0 Å². The maximum absolute atomic E-state index is 12.9. The molecule has 4 bridgehead atoms. The first-order valence-corrected chi connectivity index (χ1v) is 11.4. The van der Waals surface area contributed by atoms with Crippen LogP contribution in [-0.4, -0.2) is 47.0 Å². The summed E-state index contributed by atoms with van der Waals surface area (Å²) < 4.78 is 0. The van der Waals surface area contributed by atoms with Gasteiger partial charge in [-0.2, -0.15) is 0 Å². The number of fused-ring (bicyclic) bond motifs is 1. The summed E-state index contributed by atoms with van der Waals surface area (Å²) in [5.74, 6) is 2.66. The summed E-state index contributed by atoms with van der Waals surface area (Å²) in [4.78, 5) is 19.1. The molecular weight excluding hydrogens is 342 g/mol. The van der Waals surface area contributed by atoms with E-state index in [1.165, 1.54) is 50.5 Å². The number of nitrogens with one attached hydrogen (secondary N) is 1. The third-order valence-electron chi connectivity index (χ3n) is 7.91. The van der Waals surface area contributed by atoms with Crippen LogP contribution in [0.15, 0.2) is 11.4 Å². The van der Waals surface area contributed by atoms with Crippen molar-refractivity contribution in [2.45, 2.75) is 63.1 Å². The van der Waals surface area contributed by atoms with Crippen LogP contribution >= 0.6 is 11.3 Å². The monoisotopic (exact) mass is 371 g/mol. The molecule has 7 rings (SSSR count). The molecule has 2 aliphatic heterocycles. The molecule has 3 heterocycles. The molecule has 140 valence electrons. The lowest BCUT2D eigenvalue weighted by atomic mass is 9.53. The van der Waals surface area contributed by atoms with E-state index in [1.54, 1.807) is 4.88 Å². The zero-order valence-electron chi connectivity index (χ0n) is 15.5. The fraction of sp³-hybridized carbons (Fsp3) is 0.762. The van der Waals surface area contributed by atoms with Gasteiger partial charge in [-0.3, -0.25) is 4.90 Å². The molecule has 2 amide bonds. The molecular formula is C21H29N3OS. The number of urea groups is 1. The summed E-state index contributed by atoms with van der Waals surface area (Å²) in [6.07, 6.45) is 9.21. The SMILES string of the molecule is O=C(NC12CC3CC(CC(C3)C1)C2)N1CC(N2CCc3sccc3C2)C1. The quantitative estimate of drug-likeness (QED) is 0.864. The Morgan fingerprint density at radius 3 is 2.50 bits per heavy atom. The molecule has 0 aromatic carbocycles. The Morgan fingerprint density at radius 2 is 1.81 bits per heavy atom. The lowest BCUT2D eigenvalue weighted by Gasteiger charge is -2.57. The molecule has 0 atom stereocenters. The second kappa shape index (κ2) is 5.71. The van der Waals surface area contributed by atoms with Crippen LogP contribution in [0, 0.1) is 17.8 Å². The van der Waals surface area contributed by atoms with Gasteiger partial charge in [0.15, 0.2) is 0 Å². The molecule has 4 aliphatic carbocycles. The van der Waals surface area contributed by atoms with E-state index in [-0.39, 0.29) is 11.6 Å². The highest BCUT2D eigenvalue weighted by Crippen LogP contribution is 2.55. The molecule has 4 saturated carbocycles. The molecule has 0 radical (unpaired) electrons. The van der Waals surface area contributed by atoms with Crippen LogP contribution < -0.4 is 5.32 Å². The predicted molar refractivity (Wildman–Crippen MR) is 103 cm³/mol. The maximum Gasteiger partial charge on any atom is 0.317 e. The molecule has 5 heteroatoms. The lowest BCUT2D eigenvalue weighted by molar-refractivity contribution is -0.0204. The molecule has 1 N–H and O–H groups in total. The number of hydrogen-bond acceptors (Lipinski definition) is 3. The number of hydrogen-bond donors (Lipinski definition) is 1. The fourth-order valence-corrected chi connectivity index (χ4v) is 7.89. The minimum atomic E-state index is 0.146. The second-order valence-electron chi connectivity index (χ2n) is 9.78. The molecule has 4 nitrogen and oxygen atoms in total. The van der Waals surface area contributed by atoms with Crippen LogP contribution in [-0.2, 0) is 13.0 Å². The highest BCUT2D eigenvalue weighted by atomic mass is 32.1. The van der Waals surface area contributed by atoms with E-state index in [2.05, 4.69) is 26.6 Å². The Bertz CT molecular complexity index is 687. The first-order valence-electron chi connectivity index (χ1n) is 10.5. The van der Waals surface area contributed by atoms with Gasteiger partial charge in [-0.05, 0) is 79.7 Å². The average molecular weight is 372 g/mol. The normalized spacial score (nSPS) is 38.9. The number of amides is 2. The summed E-state index contributed by atoms with van der Waals surface area (Å²) in [5, 5.41) is 5.75. The molecule has 0 spiro atoms. The van der Waals surface area contributed by atoms with Gasteiger partial charge >= 0.3 is 6.03 Å². The maximum atomic E-state index is 12.9. The molecule has 1 aromatic heterocycles. The lowest BCUT2D eigenvalue weighted by Crippen LogP contribution is -2.67. The van der Waals surface area contributed by atoms with E-state index in [0.717, 1.165) is 43.9 Å². The third kappa shape index (κ3) is 2.54. The minimum absolute atomic E-state index is 0.146. The smallest absolute Gasteiger partial charge is 0.317 e. The van der Waals surface area contributed by atoms with E-state index >= 15 is 0 Å². The van der Waals surface area contributed by atoms with Gasteiger partial charge in [-0.15, -0.1) is 11.3 Å². The van der Waals surface area contributed by atoms with Gasteiger partial charge < -0.3 is 10.2 Å². The Hall–Kier alpha value is -1.07. The van der Waals surface area contributed by atoms with Crippen LogP contribution in [0.1, 0.15) is 49.0 Å². The Balaban J connectivity index is 1.06. The van der Waals surface area contributed by atoms with Crippen LogP contribution in [0.25, 0.3) is 0 Å². The Kier molecular flexibility index (Phi) is 3.50. The van der Waals surface area contributed by atoms with Gasteiger partial charge in [0, 0.05) is 42.6 Å². The number of likely N-dealkylation sites (tertiary alicyclic amines) is 1. The molecule has 26 heavy (non-hydrogen) atoms. The molecule has 1 aromatic rings. The van der Waals surface area contributed by atoms with Crippen molar-refractivity contribution in [2.75, 3.05) is 19.6 Å². The van der Waals surface area contributed by atoms with Crippen molar-refractivity contribution in [2.24, 2.45) is 17.8 Å². The summed E-state index contributed by atoms with van der Waals surface area (Å²) in [6, 6.07) is 3.06. The zero-order valence-corrected chi connectivity index (χ0v) is 16.3. The van der Waals surface area contributed by atoms with Crippen molar-refractivity contribution in [3.8, 4) is 0 Å². The van der Waals surface area contributed by atoms with Gasteiger partial charge in [0.2, 0.25) is 0 Å². The van der Waals surface area contributed by atoms with Crippen molar-refractivity contribution in [1.29, 1.82) is 0 Å². The molecule has 6 aliphatic rings. The van der Waals surface area contributed by atoms with Crippen molar-refractivity contribution < 1.29 is 4.79 Å². The minimum Gasteiger partial charge on any atom is -0.333 e. The predicted octanol–water partition coefficient (Wildman–Crippen LogP) is 3.47. The van der Waals surface area contributed by atoms with Crippen LogP contribution in [0.2, 0.25) is 0 Å². The van der Waals surface area contributed by atoms with Crippen LogP contribution in [0.5, 0.6) is 0 Å². The summed E-state index contributed by atoms with van der Waals surface area (Å²) >= 11 is 1.90. The van der Waals surface area contributed by atoms with Crippen molar-refractivity contribution >= 4 is 17.4 Å². The molecule has 5 fully saturated rings. The van der Waals surface area contributed by atoms with Crippen LogP contribution in [0.4, 0.5) is 4.79 Å². The molecule has 1 saturated heterocycles. The van der Waals surface area contributed by atoms with Crippen molar-refractivity contribution in [3.63, 3.8) is 0 Å². The summed E-state index contributed by atoms with van der Waals surface area (Å²) in [5.41, 5.74) is 1.66. The highest BCUT2D eigenvalue weighted by Gasteiger charge is 2.52. The zero-order chi connectivity index (χ0) is 17.3. The van der Waals surface area contributed by atoms with Gasteiger partial charge in [-0.1, -0.05) is 0 Å². The Labute approximate surface area is 159 Å². The van der Waals surface area contributed by atoms with E-state index in [1.807, 2.05) is 11.3 Å². The Morgan fingerprint density at radius 1 is 1.12 bits per heavy atom. The van der Waals surface area contributed by atoms with Crippen molar-refractivity contribution in [1.82, 2.24) is 15.1 Å². The van der Waals surface area contributed by atoms with Gasteiger partial charge in [-0.25, -0.2) is 4.79 Å². The van der Waals surface area contributed by atoms with Gasteiger partial charge in [0.1, 0.15) is 0 Å². The van der Waals surface area contributed by atoms with E-state index in [0.29, 0.717) is 6.04 Å². The number of carbonyl (C=O) groups is 1. The molecule has 0 unspecified atom stereocenters. The number of carbonyl (C=O) groups excluding carboxylic acids is 1. The first kappa shape index (κ1) is 15.9. The fourth-order valence-electron chi connectivity index (χ4n) is 7.00. The number of thiophene rings is 1. The number of rotatable bonds is 2. The number of nitrogens with zero attached hydrogens (tertiary/aromatic N) is 2. The summed E-state index contributed by atoms with van der Waals surface area (Å²) in [6.45, 7) is 4.06. The van der Waals surface area contributed by atoms with E-state index in [4.69, 9.17) is 0 Å². The first-order chi connectivity index (χ1) is 12.7. The second-order valence-corrected chi connectivity index (χ2v) is 10.8. The standard InChI is InChI=1S/C21H29N3OS/c25-20(22-21-8-14-5-15(9-21)7-16(6-14)10-21)24-12-18(13-24)23-3-1-19-17(11-23)2-4-26-19/h2,4,14-16,18H,1,3,5-13H2,(H,22,25). The van der Waals surface area contributed by atoms with Gasteiger partial charge in [0.05, 0.1) is 0 Å². The largest absolute Gasteiger partial charge is 0.333 e. The van der Waals surface area contributed by atoms with Crippen molar-refractivity contribution in [3.05, 3.63) is 21.9 Å². The third-order valence-corrected chi connectivity index (χ3v) is 8.94. The van der Waals surface area contributed by atoms with E-state index < -0.39 is 0 Å². The van der Waals surface area contributed by atoms with Gasteiger partial charge in [0.25, 0.3) is 0 Å². The average Bonchev–Trinajstić information content (AvgIpc) is 2.99. The highest BCUT2D eigenvalue weighted by molar-refractivity contribution is 7.10. The summed E-state index contributed by atoms with van der Waals surface area (Å²) in [7, 11) is 0.